The minimum absolute atomic E-state index is 0.0210. The number of hydrogen-bond donors (Lipinski definition) is 1. The summed E-state index contributed by atoms with van der Waals surface area (Å²) in [6.07, 6.45) is 1.28. The van der Waals surface area contributed by atoms with Gasteiger partial charge in [0.25, 0.3) is 5.88 Å². The second-order valence-corrected chi connectivity index (χ2v) is 2.79. The van der Waals surface area contributed by atoms with Gasteiger partial charge in [-0.1, -0.05) is 0 Å². The number of ether oxygens (including phenoxy) is 2. The molecule has 0 spiro atoms. The maximum absolute atomic E-state index is 9.21. The van der Waals surface area contributed by atoms with E-state index in [0.29, 0.717) is 16.1 Å². The molecule has 0 unspecified atom stereocenters. The van der Waals surface area contributed by atoms with Crippen molar-refractivity contribution in [3.63, 3.8) is 0 Å². The Kier molecular flexibility index (Phi) is 2.75. The van der Waals surface area contributed by atoms with Crippen LogP contribution in [-0.4, -0.2) is 24.3 Å². The molecule has 0 saturated heterocycles. The van der Waals surface area contributed by atoms with Gasteiger partial charge in [0, 0.05) is 0 Å². The quantitative estimate of drug-likeness (QED) is 0.843. The van der Waals surface area contributed by atoms with Crippen LogP contribution in [0.4, 0.5) is 0 Å². The van der Waals surface area contributed by atoms with Gasteiger partial charge in [-0.15, -0.1) is 0 Å². The number of halogens is 1. The Balaban J connectivity index is 3.25. The molecule has 66 valence electrons. The van der Waals surface area contributed by atoms with Crippen LogP contribution in [0.3, 0.4) is 0 Å². The maximum atomic E-state index is 9.21. The number of nitrogens with zero attached hydrogens (tertiary/aromatic N) is 1. The highest BCUT2D eigenvalue weighted by molar-refractivity contribution is 9.10. The minimum Gasteiger partial charge on any atom is -0.505 e. The normalized spacial score (nSPS) is 9.58. The van der Waals surface area contributed by atoms with Gasteiger partial charge in [0.15, 0.2) is 11.5 Å². The Morgan fingerprint density at radius 3 is 2.58 bits per heavy atom. The predicted molar refractivity (Wildman–Crippen MR) is 46.7 cm³/mol. The van der Waals surface area contributed by atoms with E-state index >= 15 is 0 Å². The largest absolute Gasteiger partial charge is 0.505 e. The van der Waals surface area contributed by atoms with Crippen LogP contribution < -0.4 is 9.47 Å². The summed E-state index contributed by atoms with van der Waals surface area (Å²) in [6.45, 7) is 0. The van der Waals surface area contributed by atoms with Crippen LogP contribution in [-0.2, 0) is 0 Å². The summed E-state index contributed by atoms with van der Waals surface area (Å²) in [5.74, 6) is 0.743. The van der Waals surface area contributed by atoms with E-state index in [1.54, 1.807) is 0 Å². The van der Waals surface area contributed by atoms with Gasteiger partial charge in [0.05, 0.1) is 20.4 Å². The molecule has 0 bridgehead atoms. The molecular weight excluding hydrogens is 226 g/mol. The third kappa shape index (κ3) is 1.45. The molecule has 0 amide bonds. The van der Waals surface area contributed by atoms with Gasteiger partial charge >= 0.3 is 0 Å². The molecule has 1 aromatic heterocycles. The Morgan fingerprint density at radius 1 is 1.42 bits per heavy atom. The van der Waals surface area contributed by atoms with Crippen molar-refractivity contribution >= 4 is 15.9 Å². The van der Waals surface area contributed by atoms with Crippen LogP contribution in [0.1, 0.15) is 0 Å². The molecule has 1 rings (SSSR count). The lowest BCUT2D eigenvalue weighted by Gasteiger charge is -2.08. The van der Waals surface area contributed by atoms with Gasteiger partial charge < -0.3 is 14.6 Å². The lowest BCUT2D eigenvalue weighted by molar-refractivity contribution is 0.336. The average Bonchev–Trinajstić information content (AvgIpc) is 2.09. The molecule has 0 fully saturated rings. The molecule has 12 heavy (non-hydrogen) atoms. The molecule has 1 N–H and O–H groups in total. The lowest BCUT2D eigenvalue weighted by Crippen LogP contribution is -1.93. The Hall–Kier alpha value is -0.970. The van der Waals surface area contributed by atoms with E-state index in [2.05, 4.69) is 20.9 Å². The first-order valence-corrected chi connectivity index (χ1v) is 3.95. The van der Waals surface area contributed by atoms with Gasteiger partial charge in [0.2, 0.25) is 0 Å². The Morgan fingerprint density at radius 2 is 2.08 bits per heavy atom. The molecule has 0 aliphatic carbocycles. The third-order valence-corrected chi connectivity index (χ3v) is 2.09. The summed E-state index contributed by atoms with van der Waals surface area (Å²) < 4.78 is 10.3. The zero-order valence-electron chi connectivity index (χ0n) is 6.67. The molecule has 0 aliphatic rings. The number of pyridine rings is 1. The molecule has 0 aliphatic heterocycles. The summed E-state index contributed by atoms with van der Waals surface area (Å²) in [6, 6.07) is 0. The zero-order valence-corrected chi connectivity index (χ0v) is 8.25. The van der Waals surface area contributed by atoms with Crippen LogP contribution in [0.2, 0.25) is 0 Å². The minimum atomic E-state index is 0.0210. The van der Waals surface area contributed by atoms with E-state index in [1.165, 1.54) is 20.4 Å². The highest BCUT2D eigenvalue weighted by Gasteiger charge is 2.12. The summed E-state index contributed by atoms with van der Waals surface area (Å²) >= 11 is 3.14. The SMILES string of the molecule is COc1ncc(O)c(Br)c1OC. The molecule has 0 atom stereocenters. The van der Waals surface area contributed by atoms with Gasteiger partial charge in [-0.2, -0.15) is 0 Å². The molecule has 4 nitrogen and oxygen atoms in total. The molecule has 0 saturated carbocycles. The van der Waals surface area contributed by atoms with Crippen molar-refractivity contribution in [1.29, 1.82) is 0 Å². The van der Waals surface area contributed by atoms with Crippen molar-refractivity contribution in [3.8, 4) is 17.4 Å². The Bertz CT molecular complexity index is 290. The van der Waals surface area contributed by atoms with E-state index in [1.807, 2.05) is 0 Å². The molecule has 0 aromatic carbocycles. The first-order valence-electron chi connectivity index (χ1n) is 3.16. The van der Waals surface area contributed by atoms with E-state index in [4.69, 9.17) is 9.47 Å². The topological polar surface area (TPSA) is 51.6 Å². The first kappa shape index (κ1) is 9.12. The van der Waals surface area contributed by atoms with Crippen LogP contribution in [0, 0.1) is 0 Å². The van der Waals surface area contributed by atoms with Crippen molar-refractivity contribution in [2.24, 2.45) is 0 Å². The van der Waals surface area contributed by atoms with Gasteiger partial charge in [-0.25, -0.2) is 4.98 Å². The van der Waals surface area contributed by atoms with Crippen LogP contribution >= 0.6 is 15.9 Å². The molecule has 0 radical (unpaired) electrons. The maximum Gasteiger partial charge on any atom is 0.258 e. The van der Waals surface area contributed by atoms with Gasteiger partial charge in [-0.3, -0.25) is 0 Å². The number of rotatable bonds is 2. The highest BCUT2D eigenvalue weighted by atomic mass is 79.9. The van der Waals surface area contributed by atoms with E-state index in [0.717, 1.165) is 0 Å². The predicted octanol–water partition coefficient (Wildman–Crippen LogP) is 1.57. The average molecular weight is 234 g/mol. The zero-order chi connectivity index (χ0) is 9.14. The number of methoxy groups -OCH3 is 2. The van der Waals surface area contributed by atoms with Gasteiger partial charge in [0.1, 0.15) is 4.47 Å². The van der Waals surface area contributed by atoms with Gasteiger partial charge in [-0.05, 0) is 15.9 Å². The Labute approximate surface area is 78.3 Å². The van der Waals surface area contributed by atoms with Crippen molar-refractivity contribution in [1.82, 2.24) is 4.98 Å². The number of aromatic nitrogens is 1. The number of hydrogen-bond acceptors (Lipinski definition) is 4. The lowest BCUT2D eigenvalue weighted by atomic mass is 10.4. The van der Waals surface area contributed by atoms with E-state index in [-0.39, 0.29) is 5.75 Å². The molecule has 1 heterocycles. The second kappa shape index (κ2) is 3.62. The standard InChI is InChI=1S/C7H8BrNO3/c1-11-6-5(8)4(10)3-9-7(6)12-2/h3,10H,1-2H3. The summed E-state index contributed by atoms with van der Waals surface area (Å²) in [5.41, 5.74) is 0. The summed E-state index contributed by atoms with van der Waals surface area (Å²) in [7, 11) is 2.96. The summed E-state index contributed by atoms with van der Waals surface area (Å²) in [4.78, 5) is 3.80. The van der Waals surface area contributed by atoms with Crippen molar-refractivity contribution < 1.29 is 14.6 Å². The van der Waals surface area contributed by atoms with E-state index in [9.17, 15) is 5.11 Å². The second-order valence-electron chi connectivity index (χ2n) is 2.00. The fourth-order valence-corrected chi connectivity index (χ4v) is 1.20. The van der Waals surface area contributed by atoms with Crippen molar-refractivity contribution in [3.05, 3.63) is 10.7 Å². The molecule has 5 heteroatoms. The van der Waals surface area contributed by atoms with Crippen LogP contribution in [0.5, 0.6) is 17.4 Å². The van der Waals surface area contributed by atoms with Crippen LogP contribution in [0.15, 0.2) is 10.7 Å². The fraction of sp³-hybridized carbons (Fsp3) is 0.286. The van der Waals surface area contributed by atoms with Crippen LogP contribution in [0.25, 0.3) is 0 Å². The monoisotopic (exact) mass is 233 g/mol. The molecule has 1 aromatic rings. The third-order valence-electron chi connectivity index (χ3n) is 1.32. The van der Waals surface area contributed by atoms with Crippen molar-refractivity contribution in [2.45, 2.75) is 0 Å². The number of aromatic hydroxyl groups is 1. The summed E-state index contributed by atoms with van der Waals surface area (Å²) in [5, 5.41) is 9.21. The fourth-order valence-electron chi connectivity index (χ4n) is 0.768. The first-order chi connectivity index (χ1) is 5.70. The highest BCUT2D eigenvalue weighted by Crippen LogP contribution is 2.38. The van der Waals surface area contributed by atoms with E-state index < -0.39 is 0 Å². The molecular formula is C7H8BrNO3. The van der Waals surface area contributed by atoms with Crippen molar-refractivity contribution in [2.75, 3.05) is 14.2 Å². The smallest absolute Gasteiger partial charge is 0.258 e.